The number of aromatic nitrogens is 1. The Balaban J connectivity index is 1.84. The maximum atomic E-state index is 12.9. The fraction of sp³-hybridized carbons (Fsp3) is 0. The van der Waals surface area contributed by atoms with Crippen molar-refractivity contribution in [3.05, 3.63) is 66.6 Å². The molecule has 0 aliphatic rings. The Labute approximate surface area is 131 Å². The fourth-order valence-electron chi connectivity index (χ4n) is 1.84. The second kappa shape index (κ2) is 5.86. The molecule has 1 N–H and O–H groups in total. The van der Waals surface area contributed by atoms with Crippen LogP contribution in [0.4, 0.5) is 9.52 Å². The summed E-state index contributed by atoms with van der Waals surface area (Å²) in [6.45, 7) is 0. The van der Waals surface area contributed by atoms with E-state index in [1.54, 1.807) is 6.20 Å². The van der Waals surface area contributed by atoms with Crippen molar-refractivity contribution in [2.24, 2.45) is 0 Å². The van der Waals surface area contributed by atoms with Gasteiger partial charge in [0.1, 0.15) is 5.82 Å². The van der Waals surface area contributed by atoms with Gasteiger partial charge in [-0.1, -0.05) is 41.7 Å². The molecular formula is C15H11FN2O2S2. The minimum atomic E-state index is -3.77. The molecule has 1 aromatic heterocycles. The summed E-state index contributed by atoms with van der Waals surface area (Å²) in [7, 11) is -3.77. The number of rotatable bonds is 4. The first-order valence-corrected chi connectivity index (χ1v) is 8.64. The summed E-state index contributed by atoms with van der Waals surface area (Å²) in [6.07, 6.45) is 1.61. The maximum absolute atomic E-state index is 12.9. The van der Waals surface area contributed by atoms with Gasteiger partial charge in [-0.25, -0.2) is 17.8 Å². The number of hydrogen-bond donors (Lipinski definition) is 1. The van der Waals surface area contributed by atoms with Crippen molar-refractivity contribution in [3.8, 4) is 10.4 Å². The Morgan fingerprint density at radius 3 is 2.36 bits per heavy atom. The van der Waals surface area contributed by atoms with E-state index in [1.165, 1.54) is 23.5 Å². The van der Waals surface area contributed by atoms with E-state index in [-0.39, 0.29) is 10.0 Å². The van der Waals surface area contributed by atoms with Crippen molar-refractivity contribution in [1.82, 2.24) is 4.98 Å². The molecule has 0 unspecified atom stereocenters. The SMILES string of the molecule is O=S(=O)(Nc1ncc(-c2ccccc2)s1)c1ccc(F)cc1. The van der Waals surface area contributed by atoms with Gasteiger partial charge in [0, 0.05) is 6.20 Å². The van der Waals surface area contributed by atoms with Crippen LogP contribution < -0.4 is 4.72 Å². The zero-order chi connectivity index (χ0) is 15.6. The summed E-state index contributed by atoms with van der Waals surface area (Å²) in [6, 6.07) is 14.2. The van der Waals surface area contributed by atoms with Crippen molar-refractivity contribution in [1.29, 1.82) is 0 Å². The van der Waals surface area contributed by atoms with Crippen LogP contribution in [0.15, 0.2) is 65.7 Å². The van der Waals surface area contributed by atoms with E-state index in [0.29, 0.717) is 0 Å². The summed E-state index contributed by atoms with van der Waals surface area (Å²) in [5.74, 6) is -0.487. The summed E-state index contributed by atoms with van der Waals surface area (Å²) < 4.78 is 39.7. The highest BCUT2D eigenvalue weighted by Crippen LogP contribution is 2.29. The Hall–Kier alpha value is -2.25. The normalized spacial score (nSPS) is 11.3. The monoisotopic (exact) mass is 334 g/mol. The highest BCUT2D eigenvalue weighted by Gasteiger charge is 2.16. The average molecular weight is 334 g/mol. The van der Waals surface area contributed by atoms with E-state index in [4.69, 9.17) is 0 Å². The average Bonchev–Trinajstić information content (AvgIpc) is 2.96. The van der Waals surface area contributed by atoms with Crippen molar-refractivity contribution in [3.63, 3.8) is 0 Å². The second-order valence-corrected chi connectivity index (χ2v) is 7.17. The molecule has 0 aliphatic heterocycles. The molecule has 0 saturated heterocycles. The molecule has 2 aromatic carbocycles. The van der Waals surface area contributed by atoms with Gasteiger partial charge in [0.25, 0.3) is 10.0 Å². The van der Waals surface area contributed by atoms with Gasteiger partial charge < -0.3 is 0 Å². The van der Waals surface area contributed by atoms with Crippen molar-refractivity contribution < 1.29 is 12.8 Å². The largest absolute Gasteiger partial charge is 0.263 e. The molecule has 1 heterocycles. The lowest BCUT2D eigenvalue weighted by Crippen LogP contribution is -2.12. The molecule has 0 fully saturated rings. The second-order valence-electron chi connectivity index (χ2n) is 4.46. The lowest BCUT2D eigenvalue weighted by Gasteiger charge is -2.04. The molecule has 3 aromatic rings. The van der Waals surface area contributed by atoms with E-state index in [0.717, 1.165) is 22.6 Å². The third kappa shape index (κ3) is 3.15. The molecule has 3 rings (SSSR count). The minimum absolute atomic E-state index is 0.00892. The lowest BCUT2D eigenvalue weighted by molar-refractivity contribution is 0.599. The summed E-state index contributed by atoms with van der Waals surface area (Å²) in [5.41, 5.74) is 0.965. The van der Waals surface area contributed by atoms with Crippen LogP contribution in [0.5, 0.6) is 0 Å². The molecule has 0 atom stereocenters. The standard InChI is InChI=1S/C15H11FN2O2S2/c16-12-6-8-13(9-7-12)22(19,20)18-15-17-10-14(21-15)11-4-2-1-3-5-11/h1-10H,(H,17,18). The molecular weight excluding hydrogens is 323 g/mol. The van der Waals surface area contributed by atoms with Crippen LogP contribution in [-0.4, -0.2) is 13.4 Å². The minimum Gasteiger partial charge on any atom is -0.255 e. The van der Waals surface area contributed by atoms with Gasteiger partial charge in [-0.3, -0.25) is 4.72 Å². The topological polar surface area (TPSA) is 59.1 Å². The molecule has 112 valence electrons. The molecule has 0 amide bonds. The van der Waals surface area contributed by atoms with Crippen LogP contribution in [0.3, 0.4) is 0 Å². The lowest BCUT2D eigenvalue weighted by atomic mass is 10.2. The highest BCUT2D eigenvalue weighted by atomic mass is 32.2. The van der Waals surface area contributed by atoms with Crippen LogP contribution in [0.1, 0.15) is 0 Å². The smallest absolute Gasteiger partial charge is 0.255 e. The Morgan fingerprint density at radius 1 is 1.00 bits per heavy atom. The van der Waals surface area contributed by atoms with Crippen LogP contribution in [-0.2, 0) is 10.0 Å². The molecule has 0 spiro atoms. The molecule has 4 nitrogen and oxygen atoms in total. The Kier molecular flexibility index (Phi) is 3.91. The number of halogens is 1. The third-order valence-electron chi connectivity index (χ3n) is 2.91. The molecule has 0 radical (unpaired) electrons. The number of nitrogens with zero attached hydrogens (tertiary/aromatic N) is 1. The van der Waals surface area contributed by atoms with Gasteiger partial charge in [-0.2, -0.15) is 0 Å². The van der Waals surface area contributed by atoms with E-state index in [1.807, 2.05) is 30.3 Å². The summed E-state index contributed by atoms with van der Waals surface area (Å²) in [5, 5.41) is 0.267. The molecule has 0 saturated carbocycles. The number of benzene rings is 2. The fourth-order valence-corrected chi connectivity index (χ4v) is 3.91. The Bertz CT molecular complexity index is 875. The zero-order valence-electron chi connectivity index (χ0n) is 11.2. The Morgan fingerprint density at radius 2 is 1.68 bits per heavy atom. The van der Waals surface area contributed by atoms with E-state index >= 15 is 0 Å². The van der Waals surface area contributed by atoms with Crippen LogP contribution in [0, 0.1) is 5.82 Å². The van der Waals surface area contributed by atoms with E-state index in [2.05, 4.69) is 9.71 Å². The zero-order valence-corrected chi connectivity index (χ0v) is 12.9. The number of sulfonamides is 1. The number of anilines is 1. The third-order valence-corrected chi connectivity index (χ3v) is 5.36. The maximum Gasteiger partial charge on any atom is 0.263 e. The summed E-state index contributed by atoms with van der Waals surface area (Å²) >= 11 is 1.24. The van der Waals surface area contributed by atoms with E-state index in [9.17, 15) is 12.8 Å². The highest BCUT2D eigenvalue weighted by molar-refractivity contribution is 7.93. The number of hydrogen-bond acceptors (Lipinski definition) is 4. The number of thiazole rings is 1. The van der Waals surface area contributed by atoms with Crippen LogP contribution >= 0.6 is 11.3 Å². The van der Waals surface area contributed by atoms with Crippen molar-refractivity contribution >= 4 is 26.5 Å². The van der Waals surface area contributed by atoms with Crippen molar-refractivity contribution in [2.75, 3.05) is 4.72 Å². The van der Waals surface area contributed by atoms with Gasteiger partial charge in [-0.15, -0.1) is 0 Å². The molecule has 0 aliphatic carbocycles. The van der Waals surface area contributed by atoms with E-state index < -0.39 is 15.8 Å². The van der Waals surface area contributed by atoms with Gasteiger partial charge in [0.15, 0.2) is 5.13 Å². The van der Waals surface area contributed by atoms with Gasteiger partial charge in [0.2, 0.25) is 0 Å². The molecule has 0 bridgehead atoms. The quantitative estimate of drug-likeness (QED) is 0.790. The van der Waals surface area contributed by atoms with Gasteiger partial charge in [-0.05, 0) is 29.8 Å². The molecule has 7 heteroatoms. The predicted octanol–water partition coefficient (Wildman–Crippen LogP) is 3.75. The number of nitrogens with one attached hydrogen (secondary N) is 1. The first-order chi connectivity index (χ1) is 10.5. The van der Waals surface area contributed by atoms with Crippen LogP contribution in [0.25, 0.3) is 10.4 Å². The first kappa shape index (κ1) is 14.7. The van der Waals surface area contributed by atoms with Crippen molar-refractivity contribution in [2.45, 2.75) is 4.90 Å². The van der Waals surface area contributed by atoms with Gasteiger partial charge >= 0.3 is 0 Å². The molecule has 22 heavy (non-hydrogen) atoms. The predicted molar refractivity (Wildman–Crippen MR) is 84.8 cm³/mol. The first-order valence-electron chi connectivity index (χ1n) is 6.34. The van der Waals surface area contributed by atoms with Crippen LogP contribution in [0.2, 0.25) is 0 Å². The summed E-state index contributed by atoms with van der Waals surface area (Å²) in [4.78, 5) is 4.92. The van der Waals surface area contributed by atoms with Gasteiger partial charge in [0.05, 0.1) is 9.77 Å².